The van der Waals surface area contributed by atoms with E-state index in [0.29, 0.717) is 13.2 Å². The van der Waals surface area contributed by atoms with Crippen molar-refractivity contribution in [2.75, 3.05) is 18.5 Å². The lowest BCUT2D eigenvalue weighted by molar-refractivity contribution is -0.121. The molecule has 1 amide bonds. The van der Waals surface area contributed by atoms with Gasteiger partial charge in [-0.15, -0.1) is 0 Å². The van der Waals surface area contributed by atoms with Crippen molar-refractivity contribution in [1.29, 1.82) is 0 Å². The molecule has 100 valence electrons. The number of anilines is 1. The van der Waals surface area contributed by atoms with Crippen molar-refractivity contribution in [1.82, 2.24) is 0 Å². The number of hydrogen-bond donors (Lipinski definition) is 2. The third kappa shape index (κ3) is 3.57. The van der Waals surface area contributed by atoms with Gasteiger partial charge in [0.2, 0.25) is 5.91 Å². The molecule has 2 atom stereocenters. The molecule has 19 heavy (non-hydrogen) atoms. The Morgan fingerprint density at radius 3 is 3.11 bits per heavy atom. The van der Waals surface area contributed by atoms with Crippen LogP contribution in [0.1, 0.15) is 18.9 Å². The van der Waals surface area contributed by atoms with Gasteiger partial charge in [-0.25, -0.2) is 0 Å². The summed E-state index contributed by atoms with van der Waals surface area (Å²) in [5, 5.41) is 2.91. The summed E-state index contributed by atoms with van der Waals surface area (Å²) in [6.07, 6.45) is 0.764. The molecule has 4 nitrogen and oxygen atoms in total. The Morgan fingerprint density at radius 2 is 2.42 bits per heavy atom. The summed E-state index contributed by atoms with van der Waals surface area (Å²) in [5.74, 6) is 5.68. The van der Waals surface area contributed by atoms with E-state index in [-0.39, 0.29) is 17.9 Å². The van der Waals surface area contributed by atoms with Crippen LogP contribution in [0, 0.1) is 17.8 Å². The minimum Gasteiger partial charge on any atom is -0.378 e. The van der Waals surface area contributed by atoms with Crippen molar-refractivity contribution >= 4 is 11.6 Å². The highest BCUT2D eigenvalue weighted by atomic mass is 16.5. The summed E-state index contributed by atoms with van der Waals surface area (Å²) in [6.45, 7) is 2.91. The lowest BCUT2D eigenvalue weighted by Crippen LogP contribution is -2.27. The molecule has 1 aromatic carbocycles. The number of carbonyl (C=O) groups is 1. The Bertz CT molecular complexity index is 516. The predicted molar refractivity (Wildman–Crippen MR) is 74.5 cm³/mol. The molecule has 1 aliphatic rings. The first-order valence-electron chi connectivity index (χ1n) is 6.42. The fourth-order valence-corrected chi connectivity index (χ4v) is 2.14. The third-order valence-electron chi connectivity index (χ3n) is 3.18. The molecular formula is C15H18N2O2. The summed E-state index contributed by atoms with van der Waals surface area (Å²) in [6, 6.07) is 7.46. The van der Waals surface area contributed by atoms with Crippen molar-refractivity contribution in [3.05, 3.63) is 29.8 Å². The van der Waals surface area contributed by atoms with Gasteiger partial charge in [0.1, 0.15) is 0 Å². The van der Waals surface area contributed by atoms with Gasteiger partial charge in [-0.1, -0.05) is 17.9 Å². The van der Waals surface area contributed by atoms with Crippen molar-refractivity contribution in [2.24, 2.45) is 11.7 Å². The predicted octanol–water partition coefficient (Wildman–Crippen LogP) is 1.36. The van der Waals surface area contributed by atoms with E-state index in [1.807, 2.05) is 31.2 Å². The van der Waals surface area contributed by atoms with Crippen LogP contribution < -0.4 is 11.1 Å². The highest BCUT2D eigenvalue weighted by molar-refractivity contribution is 5.93. The van der Waals surface area contributed by atoms with E-state index in [0.717, 1.165) is 17.7 Å². The highest BCUT2D eigenvalue weighted by Gasteiger charge is 2.30. The molecule has 2 unspecified atom stereocenters. The van der Waals surface area contributed by atoms with Crippen molar-refractivity contribution < 1.29 is 9.53 Å². The first-order chi connectivity index (χ1) is 9.20. The second kappa shape index (κ2) is 6.37. The number of ether oxygens (including phenoxy) is 1. The van der Waals surface area contributed by atoms with Crippen LogP contribution in [-0.2, 0) is 9.53 Å². The van der Waals surface area contributed by atoms with Crippen LogP contribution in [0.5, 0.6) is 0 Å². The van der Waals surface area contributed by atoms with Crippen LogP contribution in [0.4, 0.5) is 5.69 Å². The number of nitrogens with one attached hydrogen (secondary N) is 1. The van der Waals surface area contributed by atoms with Gasteiger partial charge in [0.25, 0.3) is 0 Å². The van der Waals surface area contributed by atoms with E-state index in [2.05, 4.69) is 17.2 Å². The smallest absolute Gasteiger partial charge is 0.230 e. The molecule has 3 N–H and O–H groups in total. The van der Waals surface area contributed by atoms with E-state index in [1.54, 1.807) is 0 Å². The van der Waals surface area contributed by atoms with Gasteiger partial charge in [0, 0.05) is 17.9 Å². The maximum atomic E-state index is 12.1. The lowest BCUT2D eigenvalue weighted by Gasteiger charge is -2.14. The van der Waals surface area contributed by atoms with E-state index >= 15 is 0 Å². The number of benzene rings is 1. The molecule has 4 heteroatoms. The Morgan fingerprint density at radius 1 is 1.58 bits per heavy atom. The summed E-state index contributed by atoms with van der Waals surface area (Å²) in [4.78, 5) is 12.1. The molecule has 2 rings (SSSR count). The van der Waals surface area contributed by atoms with Gasteiger partial charge in [-0.2, -0.15) is 0 Å². The maximum Gasteiger partial charge on any atom is 0.230 e. The molecule has 0 radical (unpaired) electrons. The number of amides is 1. The summed E-state index contributed by atoms with van der Waals surface area (Å²) in [7, 11) is 0. The minimum absolute atomic E-state index is 0.00827. The van der Waals surface area contributed by atoms with Crippen LogP contribution in [0.3, 0.4) is 0 Å². The molecule has 0 aromatic heterocycles. The van der Waals surface area contributed by atoms with E-state index in [4.69, 9.17) is 10.5 Å². The number of carbonyl (C=O) groups excluding carboxylic acids is 1. The minimum atomic E-state index is -0.0706. The van der Waals surface area contributed by atoms with Crippen LogP contribution in [-0.4, -0.2) is 25.2 Å². The van der Waals surface area contributed by atoms with Gasteiger partial charge in [-0.3, -0.25) is 4.79 Å². The van der Waals surface area contributed by atoms with Gasteiger partial charge >= 0.3 is 0 Å². The average Bonchev–Trinajstić information content (AvgIpc) is 2.83. The fraction of sp³-hybridized carbons (Fsp3) is 0.400. The molecule has 1 saturated heterocycles. The number of nitrogens with two attached hydrogens (primary N) is 1. The van der Waals surface area contributed by atoms with E-state index in [9.17, 15) is 4.79 Å². The molecule has 0 spiro atoms. The lowest BCUT2D eigenvalue weighted by atomic mass is 10.0. The molecule has 0 saturated carbocycles. The van der Waals surface area contributed by atoms with Crippen molar-refractivity contribution in [3.8, 4) is 11.8 Å². The SMILES string of the molecule is CC1OCCC1C(=O)Nc1cccc(C#CCN)c1. The maximum absolute atomic E-state index is 12.1. The Hall–Kier alpha value is -1.83. The zero-order valence-corrected chi connectivity index (χ0v) is 11.0. The van der Waals surface area contributed by atoms with Gasteiger partial charge in [0.15, 0.2) is 0 Å². The second-order valence-corrected chi connectivity index (χ2v) is 4.55. The van der Waals surface area contributed by atoms with Crippen LogP contribution >= 0.6 is 0 Å². The normalized spacial score (nSPS) is 21.6. The molecule has 1 fully saturated rings. The topological polar surface area (TPSA) is 64.3 Å². The molecular weight excluding hydrogens is 240 g/mol. The number of hydrogen-bond acceptors (Lipinski definition) is 3. The third-order valence-corrected chi connectivity index (χ3v) is 3.18. The zero-order chi connectivity index (χ0) is 13.7. The fourth-order valence-electron chi connectivity index (χ4n) is 2.14. The largest absolute Gasteiger partial charge is 0.378 e. The van der Waals surface area contributed by atoms with Gasteiger partial charge in [-0.05, 0) is 31.5 Å². The van der Waals surface area contributed by atoms with Crippen LogP contribution in [0.15, 0.2) is 24.3 Å². The van der Waals surface area contributed by atoms with Crippen molar-refractivity contribution in [2.45, 2.75) is 19.4 Å². The first-order valence-corrected chi connectivity index (χ1v) is 6.42. The van der Waals surface area contributed by atoms with Crippen molar-refractivity contribution in [3.63, 3.8) is 0 Å². The first kappa shape index (κ1) is 13.6. The molecule has 1 aromatic rings. The highest BCUT2D eigenvalue weighted by Crippen LogP contribution is 2.22. The van der Waals surface area contributed by atoms with Gasteiger partial charge in [0.05, 0.1) is 18.6 Å². The molecule has 1 heterocycles. The molecule has 0 bridgehead atoms. The van der Waals surface area contributed by atoms with Crippen LogP contribution in [0.2, 0.25) is 0 Å². The quantitative estimate of drug-likeness (QED) is 0.787. The number of rotatable bonds is 2. The summed E-state index contributed by atoms with van der Waals surface area (Å²) < 4.78 is 5.40. The zero-order valence-electron chi connectivity index (χ0n) is 11.0. The second-order valence-electron chi connectivity index (χ2n) is 4.55. The average molecular weight is 258 g/mol. The van der Waals surface area contributed by atoms with E-state index < -0.39 is 0 Å². The van der Waals surface area contributed by atoms with Gasteiger partial charge < -0.3 is 15.8 Å². The summed E-state index contributed by atoms with van der Waals surface area (Å²) >= 11 is 0. The Labute approximate surface area is 113 Å². The van der Waals surface area contributed by atoms with Crippen LogP contribution in [0.25, 0.3) is 0 Å². The Balaban J connectivity index is 2.04. The Kier molecular flexibility index (Phi) is 4.56. The standard InChI is InChI=1S/C15H18N2O2/c1-11-14(7-9-19-11)15(18)17-13-6-2-4-12(10-13)5-3-8-16/h2,4,6,10-11,14H,7-9,16H2,1H3,(H,17,18). The molecule has 0 aliphatic carbocycles. The summed E-state index contributed by atoms with van der Waals surface area (Å²) in [5.41, 5.74) is 6.94. The van der Waals surface area contributed by atoms with E-state index in [1.165, 1.54) is 0 Å². The monoisotopic (exact) mass is 258 g/mol. The molecule has 1 aliphatic heterocycles.